The van der Waals surface area contributed by atoms with Crippen LogP contribution in [-0.4, -0.2) is 19.0 Å². The van der Waals surface area contributed by atoms with Crippen molar-refractivity contribution in [1.82, 2.24) is 5.32 Å². The predicted molar refractivity (Wildman–Crippen MR) is 77.5 cm³/mol. The summed E-state index contributed by atoms with van der Waals surface area (Å²) >= 11 is 0. The van der Waals surface area contributed by atoms with Crippen molar-refractivity contribution in [2.75, 3.05) is 18.4 Å². The van der Waals surface area contributed by atoms with E-state index in [1.54, 1.807) is 0 Å². The molecule has 0 spiro atoms. The zero-order chi connectivity index (χ0) is 14.6. The molecule has 7 heteroatoms. The minimum absolute atomic E-state index is 0. The molecule has 1 aliphatic heterocycles. The standard InChI is InChI=1S/C14H17F3N2O.ClH/c15-14(16,17)11-2-1-3-12(8-11)19-13(20)5-4-10-6-7-18-9-10;/h1-3,8,10,18H,4-7,9H2,(H,19,20);1H. The number of alkyl halides is 3. The van der Waals surface area contributed by atoms with Crippen molar-refractivity contribution in [1.29, 1.82) is 0 Å². The molecule has 0 bridgehead atoms. The van der Waals surface area contributed by atoms with Crippen LogP contribution < -0.4 is 10.6 Å². The molecule has 1 aromatic rings. The largest absolute Gasteiger partial charge is 0.416 e. The molecule has 1 unspecified atom stereocenters. The third kappa shape index (κ3) is 5.55. The average Bonchev–Trinajstić information content (AvgIpc) is 2.89. The number of hydrogen-bond donors (Lipinski definition) is 2. The van der Waals surface area contributed by atoms with Gasteiger partial charge in [-0.1, -0.05) is 6.07 Å². The predicted octanol–water partition coefficient (Wildman–Crippen LogP) is 3.46. The molecule has 1 aromatic carbocycles. The molecular formula is C14H18ClF3N2O. The fraction of sp³-hybridized carbons (Fsp3) is 0.500. The smallest absolute Gasteiger partial charge is 0.326 e. The molecular weight excluding hydrogens is 305 g/mol. The summed E-state index contributed by atoms with van der Waals surface area (Å²) < 4.78 is 37.6. The fourth-order valence-electron chi connectivity index (χ4n) is 2.29. The molecule has 0 aliphatic carbocycles. The van der Waals surface area contributed by atoms with E-state index in [9.17, 15) is 18.0 Å². The Balaban J connectivity index is 0.00000220. The van der Waals surface area contributed by atoms with Gasteiger partial charge < -0.3 is 10.6 Å². The molecule has 2 rings (SSSR count). The number of halogens is 4. The monoisotopic (exact) mass is 322 g/mol. The highest BCUT2D eigenvalue weighted by Gasteiger charge is 2.30. The van der Waals surface area contributed by atoms with E-state index in [0.29, 0.717) is 12.3 Å². The maximum Gasteiger partial charge on any atom is 0.416 e. The highest BCUT2D eigenvalue weighted by molar-refractivity contribution is 5.90. The van der Waals surface area contributed by atoms with Crippen molar-refractivity contribution in [2.24, 2.45) is 5.92 Å². The number of carbonyl (C=O) groups excluding carboxylic acids is 1. The maximum absolute atomic E-state index is 12.5. The van der Waals surface area contributed by atoms with Gasteiger partial charge in [-0.25, -0.2) is 0 Å². The normalized spacial score (nSPS) is 18.1. The molecule has 1 saturated heterocycles. The number of rotatable bonds is 4. The highest BCUT2D eigenvalue weighted by atomic mass is 35.5. The Morgan fingerprint density at radius 3 is 2.76 bits per heavy atom. The first-order valence-electron chi connectivity index (χ1n) is 6.63. The van der Waals surface area contributed by atoms with Crippen LogP contribution in [-0.2, 0) is 11.0 Å². The minimum Gasteiger partial charge on any atom is -0.326 e. The van der Waals surface area contributed by atoms with Crippen LogP contribution in [0.2, 0.25) is 0 Å². The molecule has 2 N–H and O–H groups in total. The lowest BCUT2D eigenvalue weighted by Crippen LogP contribution is -2.15. The van der Waals surface area contributed by atoms with Crippen LogP contribution >= 0.6 is 12.4 Å². The SMILES string of the molecule is Cl.O=C(CCC1CCNC1)Nc1cccc(C(F)(F)F)c1. The first kappa shape index (κ1) is 17.8. The van der Waals surface area contributed by atoms with Crippen LogP contribution in [0.1, 0.15) is 24.8 Å². The second-order valence-corrected chi connectivity index (χ2v) is 5.02. The summed E-state index contributed by atoms with van der Waals surface area (Å²) in [4.78, 5) is 11.7. The van der Waals surface area contributed by atoms with E-state index < -0.39 is 11.7 Å². The molecule has 1 aliphatic rings. The molecule has 1 fully saturated rings. The summed E-state index contributed by atoms with van der Waals surface area (Å²) in [6.45, 7) is 1.89. The lowest BCUT2D eigenvalue weighted by molar-refractivity contribution is -0.137. The lowest BCUT2D eigenvalue weighted by atomic mass is 10.0. The van der Waals surface area contributed by atoms with Gasteiger partial charge in [0, 0.05) is 12.1 Å². The molecule has 1 atom stereocenters. The van der Waals surface area contributed by atoms with Gasteiger partial charge in [-0.05, 0) is 50.0 Å². The summed E-state index contributed by atoms with van der Waals surface area (Å²) in [7, 11) is 0. The quantitative estimate of drug-likeness (QED) is 0.891. The lowest BCUT2D eigenvalue weighted by Gasteiger charge is -2.11. The average molecular weight is 323 g/mol. The topological polar surface area (TPSA) is 41.1 Å². The van der Waals surface area contributed by atoms with Crippen LogP contribution in [0.5, 0.6) is 0 Å². The molecule has 3 nitrogen and oxygen atoms in total. The van der Waals surface area contributed by atoms with Crippen molar-refractivity contribution < 1.29 is 18.0 Å². The first-order valence-corrected chi connectivity index (χ1v) is 6.63. The van der Waals surface area contributed by atoms with E-state index >= 15 is 0 Å². The van der Waals surface area contributed by atoms with Gasteiger partial charge in [0.05, 0.1) is 5.56 Å². The second kappa shape index (κ2) is 7.66. The minimum atomic E-state index is -4.39. The van der Waals surface area contributed by atoms with E-state index in [1.165, 1.54) is 12.1 Å². The van der Waals surface area contributed by atoms with Crippen molar-refractivity contribution >= 4 is 24.0 Å². The summed E-state index contributed by atoms with van der Waals surface area (Å²) in [5.41, 5.74) is -0.565. The van der Waals surface area contributed by atoms with Gasteiger partial charge in [0.15, 0.2) is 0 Å². The molecule has 0 saturated carbocycles. The van der Waals surface area contributed by atoms with Gasteiger partial charge in [0.25, 0.3) is 0 Å². The van der Waals surface area contributed by atoms with Gasteiger partial charge >= 0.3 is 6.18 Å². The number of amides is 1. The summed E-state index contributed by atoms with van der Waals surface area (Å²) in [5.74, 6) is 0.249. The number of carbonyl (C=O) groups is 1. The van der Waals surface area contributed by atoms with E-state index in [4.69, 9.17) is 0 Å². The molecule has 118 valence electrons. The summed E-state index contributed by atoms with van der Waals surface area (Å²) in [5, 5.41) is 5.73. The third-order valence-electron chi connectivity index (χ3n) is 3.42. The van der Waals surface area contributed by atoms with Crippen LogP contribution in [0.3, 0.4) is 0 Å². The Hall–Kier alpha value is -1.27. The molecule has 21 heavy (non-hydrogen) atoms. The van der Waals surface area contributed by atoms with Gasteiger partial charge in [-0.2, -0.15) is 13.2 Å². The van der Waals surface area contributed by atoms with Crippen LogP contribution in [0.4, 0.5) is 18.9 Å². The summed E-state index contributed by atoms with van der Waals surface area (Å²) in [6, 6.07) is 4.69. The molecule has 1 heterocycles. The van der Waals surface area contributed by atoms with Crippen molar-refractivity contribution in [3.8, 4) is 0 Å². The van der Waals surface area contributed by atoms with E-state index in [2.05, 4.69) is 10.6 Å². The number of anilines is 1. The van der Waals surface area contributed by atoms with Gasteiger partial charge in [0.1, 0.15) is 0 Å². The zero-order valence-corrected chi connectivity index (χ0v) is 12.2. The Bertz CT molecular complexity index is 474. The molecule has 0 aromatic heterocycles. The highest BCUT2D eigenvalue weighted by Crippen LogP contribution is 2.30. The van der Waals surface area contributed by atoms with Crippen LogP contribution in [0.15, 0.2) is 24.3 Å². The molecule has 0 radical (unpaired) electrons. The number of hydrogen-bond acceptors (Lipinski definition) is 2. The summed E-state index contributed by atoms with van der Waals surface area (Å²) in [6.07, 6.45) is -2.24. The second-order valence-electron chi connectivity index (χ2n) is 5.02. The van der Waals surface area contributed by atoms with Crippen molar-refractivity contribution in [3.05, 3.63) is 29.8 Å². The third-order valence-corrected chi connectivity index (χ3v) is 3.42. The number of benzene rings is 1. The van der Waals surface area contributed by atoms with Crippen LogP contribution in [0.25, 0.3) is 0 Å². The first-order chi connectivity index (χ1) is 9.45. The maximum atomic E-state index is 12.5. The number of nitrogens with one attached hydrogen (secondary N) is 2. The van der Waals surface area contributed by atoms with Gasteiger partial charge in [-0.3, -0.25) is 4.79 Å². The fourth-order valence-corrected chi connectivity index (χ4v) is 2.29. The Kier molecular flexibility index (Phi) is 6.48. The van der Waals surface area contributed by atoms with Gasteiger partial charge in [-0.15, -0.1) is 12.4 Å². The Labute approximate surface area is 127 Å². The Morgan fingerprint density at radius 2 is 2.14 bits per heavy atom. The van der Waals surface area contributed by atoms with E-state index in [-0.39, 0.29) is 24.0 Å². The Morgan fingerprint density at radius 1 is 1.38 bits per heavy atom. The van der Waals surface area contributed by atoms with E-state index in [1.807, 2.05) is 0 Å². The van der Waals surface area contributed by atoms with Crippen molar-refractivity contribution in [3.63, 3.8) is 0 Å². The van der Waals surface area contributed by atoms with Crippen molar-refractivity contribution in [2.45, 2.75) is 25.4 Å². The van der Waals surface area contributed by atoms with Gasteiger partial charge in [0.2, 0.25) is 5.91 Å². The zero-order valence-electron chi connectivity index (χ0n) is 11.4. The molecule has 1 amide bonds. The van der Waals surface area contributed by atoms with Crippen LogP contribution in [0, 0.1) is 5.92 Å². The van der Waals surface area contributed by atoms with E-state index in [0.717, 1.165) is 38.1 Å².